The first-order chi connectivity index (χ1) is 14.8. The molecule has 0 aliphatic rings. The fourth-order valence-electron chi connectivity index (χ4n) is 4.31. The van der Waals surface area contributed by atoms with Crippen molar-refractivity contribution in [3.05, 3.63) is 59.8 Å². The first kappa shape index (κ1) is 20.4. The number of nitrogens with two attached hydrogens (primary N) is 1. The minimum Gasteiger partial charge on any atom is -0.496 e. The predicted octanol–water partition coefficient (Wildman–Crippen LogP) is 6.02. The van der Waals surface area contributed by atoms with Crippen LogP contribution in [0.15, 0.2) is 48.7 Å². The van der Waals surface area contributed by atoms with E-state index in [0.29, 0.717) is 0 Å². The highest BCUT2D eigenvalue weighted by Crippen LogP contribution is 2.41. The second kappa shape index (κ2) is 9.31. The quantitative estimate of drug-likeness (QED) is 0.337. The number of hydrogen-bond donors (Lipinski definition) is 2. The molecule has 0 aliphatic carbocycles. The number of H-pyrrole nitrogens is 1. The van der Waals surface area contributed by atoms with Crippen molar-refractivity contribution in [2.75, 3.05) is 13.7 Å². The first-order valence-electron chi connectivity index (χ1n) is 11.0. The molecule has 4 heteroatoms. The molecule has 2 aromatic heterocycles. The molecule has 0 saturated heterocycles. The molecule has 0 radical (unpaired) electrons. The summed E-state index contributed by atoms with van der Waals surface area (Å²) in [5, 5.41) is 2.42. The van der Waals surface area contributed by atoms with Crippen LogP contribution >= 0.6 is 0 Å². The van der Waals surface area contributed by atoms with E-state index in [2.05, 4.69) is 41.2 Å². The minimum atomic E-state index is 0.723. The average molecular weight is 402 g/mol. The van der Waals surface area contributed by atoms with E-state index in [1.807, 2.05) is 24.4 Å². The molecule has 0 fully saturated rings. The maximum Gasteiger partial charge on any atom is 0.128 e. The van der Waals surface area contributed by atoms with Crippen LogP contribution < -0.4 is 10.5 Å². The molecule has 0 saturated carbocycles. The van der Waals surface area contributed by atoms with Crippen LogP contribution in [-0.2, 0) is 12.8 Å². The normalized spacial score (nSPS) is 11.4. The number of fused-ring (bicyclic) bond motifs is 2. The van der Waals surface area contributed by atoms with E-state index < -0.39 is 0 Å². The molecule has 156 valence electrons. The van der Waals surface area contributed by atoms with Gasteiger partial charge in [-0.2, -0.15) is 0 Å². The van der Waals surface area contributed by atoms with Crippen LogP contribution in [0.5, 0.6) is 5.75 Å². The molecule has 2 heterocycles. The molecule has 4 nitrogen and oxygen atoms in total. The molecule has 30 heavy (non-hydrogen) atoms. The van der Waals surface area contributed by atoms with E-state index in [1.165, 1.54) is 34.9 Å². The number of nitrogens with zero attached hydrogens (tertiary/aromatic N) is 1. The third-order valence-corrected chi connectivity index (χ3v) is 5.89. The molecule has 0 unspecified atom stereocenters. The number of pyridine rings is 1. The zero-order valence-electron chi connectivity index (χ0n) is 18.0. The monoisotopic (exact) mass is 401 g/mol. The van der Waals surface area contributed by atoms with Crippen molar-refractivity contribution in [2.45, 2.75) is 45.4 Å². The number of methoxy groups -OCH3 is 1. The van der Waals surface area contributed by atoms with Gasteiger partial charge in [-0.05, 0) is 80.1 Å². The van der Waals surface area contributed by atoms with E-state index in [0.717, 1.165) is 60.1 Å². The minimum absolute atomic E-state index is 0.723. The van der Waals surface area contributed by atoms with E-state index >= 15 is 0 Å². The second-order valence-electron chi connectivity index (χ2n) is 7.92. The predicted molar refractivity (Wildman–Crippen MR) is 126 cm³/mol. The smallest absolute Gasteiger partial charge is 0.128 e. The van der Waals surface area contributed by atoms with Crippen LogP contribution in [0.2, 0.25) is 0 Å². The van der Waals surface area contributed by atoms with Crippen LogP contribution in [0, 0.1) is 0 Å². The Morgan fingerprint density at radius 1 is 1.00 bits per heavy atom. The van der Waals surface area contributed by atoms with Crippen molar-refractivity contribution in [3.63, 3.8) is 0 Å². The number of aryl methyl sites for hydroxylation is 2. The molecule has 2 aromatic carbocycles. The van der Waals surface area contributed by atoms with Crippen LogP contribution in [0.3, 0.4) is 0 Å². The van der Waals surface area contributed by atoms with E-state index in [-0.39, 0.29) is 0 Å². The Bertz CT molecular complexity index is 1150. The third-order valence-electron chi connectivity index (χ3n) is 5.89. The number of hydrogen-bond acceptors (Lipinski definition) is 3. The molecular formula is C26H31N3O. The van der Waals surface area contributed by atoms with Gasteiger partial charge in [0.05, 0.1) is 18.3 Å². The van der Waals surface area contributed by atoms with Gasteiger partial charge in [-0.25, -0.2) is 0 Å². The topological polar surface area (TPSA) is 63.9 Å². The Morgan fingerprint density at radius 2 is 1.90 bits per heavy atom. The van der Waals surface area contributed by atoms with Gasteiger partial charge >= 0.3 is 0 Å². The fourth-order valence-corrected chi connectivity index (χ4v) is 4.31. The summed E-state index contributed by atoms with van der Waals surface area (Å²) in [6, 6.07) is 15.0. The van der Waals surface area contributed by atoms with Gasteiger partial charge in [0.2, 0.25) is 0 Å². The van der Waals surface area contributed by atoms with Crippen molar-refractivity contribution < 1.29 is 4.74 Å². The van der Waals surface area contributed by atoms with E-state index in [9.17, 15) is 0 Å². The molecule has 3 N–H and O–H groups in total. The molecule has 0 aliphatic heterocycles. The van der Waals surface area contributed by atoms with Gasteiger partial charge in [0.25, 0.3) is 0 Å². The molecule has 4 rings (SSSR count). The van der Waals surface area contributed by atoms with Crippen molar-refractivity contribution in [2.24, 2.45) is 5.73 Å². The van der Waals surface area contributed by atoms with Crippen LogP contribution in [0.1, 0.15) is 43.7 Å². The summed E-state index contributed by atoms with van der Waals surface area (Å²) in [5.74, 6) is 0.869. The lowest BCUT2D eigenvalue weighted by atomic mass is 9.96. The Labute approximate surface area is 178 Å². The van der Waals surface area contributed by atoms with E-state index in [1.54, 1.807) is 7.11 Å². The lowest BCUT2D eigenvalue weighted by Gasteiger charge is -2.13. The Kier molecular flexibility index (Phi) is 6.34. The highest BCUT2D eigenvalue weighted by atomic mass is 16.5. The molecule has 0 spiro atoms. The Balaban J connectivity index is 1.94. The number of aromatic nitrogens is 2. The summed E-state index contributed by atoms with van der Waals surface area (Å²) in [4.78, 5) is 8.28. The van der Waals surface area contributed by atoms with Crippen molar-refractivity contribution >= 4 is 21.8 Å². The maximum absolute atomic E-state index is 5.79. The van der Waals surface area contributed by atoms with Gasteiger partial charge in [-0.1, -0.05) is 25.5 Å². The van der Waals surface area contributed by atoms with Gasteiger partial charge in [0, 0.05) is 28.0 Å². The second-order valence-corrected chi connectivity index (χ2v) is 7.92. The highest BCUT2D eigenvalue weighted by Gasteiger charge is 2.19. The molecular weight excluding hydrogens is 370 g/mol. The zero-order valence-corrected chi connectivity index (χ0v) is 18.0. The summed E-state index contributed by atoms with van der Waals surface area (Å²) in [6.45, 7) is 2.97. The van der Waals surface area contributed by atoms with Crippen LogP contribution in [0.4, 0.5) is 0 Å². The summed E-state index contributed by atoms with van der Waals surface area (Å²) >= 11 is 0. The summed E-state index contributed by atoms with van der Waals surface area (Å²) in [7, 11) is 1.74. The Morgan fingerprint density at radius 3 is 2.70 bits per heavy atom. The van der Waals surface area contributed by atoms with E-state index in [4.69, 9.17) is 10.5 Å². The standard InChI is InChI=1S/C26H31N3O/c1-3-4-8-18-11-12-23-21(17-18)19(9-5-6-15-27)26(29-23)25-20-10-7-16-28-22(20)13-14-24(25)30-2/h7,10-14,16-17,29H,3-6,8-9,15,27H2,1-2H3. The van der Waals surface area contributed by atoms with Crippen molar-refractivity contribution in [1.29, 1.82) is 0 Å². The number of unbranched alkanes of at least 4 members (excludes halogenated alkanes) is 2. The van der Waals surface area contributed by atoms with Gasteiger partial charge in [0.1, 0.15) is 5.75 Å². The number of ether oxygens (including phenoxy) is 1. The molecule has 0 amide bonds. The van der Waals surface area contributed by atoms with Crippen LogP contribution in [0.25, 0.3) is 33.1 Å². The third kappa shape index (κ3) is 3.92. The summed E-state index contributed by atoms with van der Waals surface area (Å²) in [6.07, 6.45) is 8.47. The molecule has 0 bridgehead atoms. The van der Waals surface area contributed by atoms with Crippen molar-refractivity contribution in [3.8, 4) is 17.0 Å². The SMILES string of the molecule is CCCCc1ccc2[nH]c(-c3c(OC)ccc4ncccc34)c(CCCCN)c2c1. The zero-order chi connectivity index (χ0) is 20.9. The first-order valence-corrected chi connectivity index (χ1v) is 11.0. The van der Waals surface area contributed by atoms with Gasteiger partial charge in [0.15, 0.2) is 0 Å². The van der Waals surface area contributed by atoms with Crippen LogP contribution in [-0.4, -0.2) is 23.6 Å². The molecule has 4 aromatic rings. The average Bonchev–Trinajstić information content (AvgIpc) is 3.14. The fraction of sp³-hybridized carbons (Fsp3) is 0.346. The lowest BCUT2D eigenvalue weighted by Crippen LogP contribution is -2.00. The number of nitrogens with one attached hydrogen (secondary N) is 1. The van der Waals surface area contributed by atoms with Gasteiger partial charge in [-0.3, -0.25) is 4.98 Å². The van der Waals surface area contributed by atoms with Gasteiger partial charge in [-0.15, -0.1) is 0 Å². The summed E-state index contributed by atoms with van der Waals surface area (Å²) in [5.41, 5.74) is 12.9. The number of rotatable bonds is 9. The highest BCUT2D eigenvalue weighted by molar-refractivity contribution is 6.02. The number of aromatic amines is 1. The lowest BCUT2D eigenvalue weighted by molar-refractivity contribution is 0.417. The van der Waals surface area contributed by atoms with Gasteiger partial charge < -0.3 is 15.5 Å². The molecule has 0 atom stereocenters. The summed E-state index contributed by atoms with van der Waals surface area (Å²) < 4.78 is 5.79. The number of benzene rings is 2. The van der Waals surface area contributed by atoms with Crippen molar-refractivity contribution in [1.82, 2.24) is 9.97 Å². The maximum atomic E-state index is 5.79. The largest absolute Gasteiger partial charge is 0.496 e. The Hall–Kier alpha value is -2.85.